The molecule has 0 aliphatic rings. The summed E-state index contributed by atoms with van der Waals surface area (Å²) in [4.78, 5) is 23.0. The van der Waals surface area contributed by atoms with Crippen LogP contribution in [0.25, 0.3) is 0 Å². The van der Waals surface area contributed by atoms with Gasteiger partial charge in [-0.2, -0.15) is 0 Å². The van der Waals surface area contributed by atoms with Crippen LogP contribution >= 0.6 is 12.4 Å². The standard InChI is InChI=1S/C11H23N3O2.ClH/c1-4-11(5-2,10(12)16)14-9(15)7-6-8-13-3;/h13H,4-8H2,1-3H3,(H2,12,16)(H,14,15);1H. The summed E-state index contributed by atoms with van der Waals surface area (Å²) in [6.45, 7) is 4.49. The van der Waals surface area contributed by atoms with Crippen molar-refractivity contribution < 1.29 is 9.59 Å². The highest BCUT2D eigenvalue weighted by Crippen LogP contribution is 2.14. The van der Waals surface area contributed by atoms with Crippen molar-refractivity contribution in [2.24, 2.45) is 5.73 Å². The van der Waals surface area contributed by atoms with E-state index in [2.05, 4.69) is 10.6 Å². The van der Waals surface area contributed by atoms with Crippen LogP contribution in [-0.2, 0) is 9.59 Å². The Kier molecular flexibility index (Phi) is 10.1. The van der Waals surface area contributed by atoms with Crippen LogP contribution in [0.2, 0.25) is 0 Å². The van der Waals surface area contributed by atoms with Gasteiger partial charge in [0.15, 0.2) is 0 Å². The minimum atomic E-state index is -0.878. The van der Waals surface area contributed by atoms with Crippen molar-refractivity contribution in [3.05, 3.63) is 0 Å². The van der Waals surface area contributed by atoms with Crippen molar-refractivity contribution in [2.45, 2.75) is 45.1 Å². The molecule has 0 aromatic carbocycles. The molecule has 0 aromatic heterocycles. The SMILES string of the molecule is CCC(CC)(NC(=O)CCCNC)C(N)=O.Cl. The molecule has 0 bridgehead atoms. The second-order valence-corrected chi connectivity index (χ2v) is 3.91. The molecule has 0 aliphatic carbocycles. The summed E-state index contributed by atoms with van der Waals surface area (Å²) in [6, 6.07) is 0. The summed E-state index contributed by atoms with van der Waals surface area (Å²) in [5.74, 6) is -0.572. The minimum Gasteiger partial charge on any atom is -0.368 e. The first kappa shape index (κ1) is 18.6. The van der Waals surface area contributed by atoms with Gasteiger partial charge in [0.2, 0.25) is 11.8 Å². The lowest BCUT2D eigenvalue weighted by Gasteiger charge is -2.29. The lowest BCUT2D eigenvalue weighted by atomic mass is 9.91. The van der Waals surface area contributed by atoms with Crippen LogP contribution in [0.15, 0.2) is 0 Å². The Labute approximate surface area is 109 Å². The van der Waals surface area contributed by atoms with Gasteiger partial charge in [0, 0.05) is 6.42 Å². The fraction of sp³-hybridized carbons (Fsp3) is 0.818. The van der Waals surface area contributed by atoms with Crippen molar-refractivity contribution in [3.8, 4) is 0 Å². The molecular weight excluding hydrogens is 242 g/mol. The van der Waals surface area contributed by atoms with E-state index in [1.165, 1.54) is 0 Å². The van der Waals surface area contributed by atoms with Crippen molar-refractivity contribution >= 4 is 24.2 Å². The van der Waals surface area contributed by atoms with Gasteiger partial charge < -0.3 is 16.4 Å². The lowest BCUT2D eigenvalue weighted by Crippen LogP contribution is -2.56. The van der Waals surface area contributed by atoms with Crippen LogP contribution in [0.4, 0.5) is 0 Å². The van der Waals surface area contributed by atoms with E-state index in [0.29, 0.717) is 19.3 Å². The van der Waals surface area contributed by atoms with E-state index in [1.807, 2.05) is 20.9 Å². The Morgan fingerprint density at radius 1 is 1.24 bits per heavy atom. The van der Waals surface area contributed by atoms with Crippen molar-refractivity contribution in [2.75, 3.05) is 13.6 Å². The maximum Gasteiger partial charge on any atom is 0.243 e. The Morgan fingerprint density at radius 2 is 1.76 bits per heavy atom. The zero-order valence-electron chi connectivity index (χ0n) is 10.8. The van der Waals surface area contributed by atoms with Gasteiger partial charge in [-0.1, -0.05) is 13.8 Å². The summed E-state index contributed by atoms with van der Waals surface area (Å²) in [6.07, 6.45) is 2.22. The van der Waals surface area contributed by atoms with Gasteiger partial charge in [0.05, 0.1) is 0 Å². The first-order valence-electron chi connectivity index (χ1n) is 5.78. The Hall–Kier alpha value is -0.810. The monoisotopic (exact) mass is 265 g/mol. The fourth-order valence-electron chi connectivity index (χ4n) is 1.59. The highest BCUT2D eigenvalue weighted by molar-refractivity contribution is 5.90. The Morgan fingerprint density at radius 3 is 2.12 bits per heavy atom. The summed E-state index contributed by atoms with van der Waals surface area (Å²) >= 11 is 0. The van der Waals surface area contributed by atoms with E-state index in [-0.39, 0.29) is 18.3 Å². The lowest BCUT2D eigenvalue weighted by molar-refractivity contribution is -0.132. The molecular formula is C11H24ClN3O2. The quantitative estimate of drug-likeness (QED) is 0.561. The summed E-state index contributed by atoms with van der Waals surface area (Å²) in [5, 5.41) is 5.71. The zero-order chi connectivity index (χ0) is 12.6. The number of hydrogen-bond donors (Lipinski definition) is 3. The van der Waals surface area contributed by atoms with Gasteiger partial charge in [-0.05, 0) is 32.9 Å². The smallest absolute Gasteiger partial charge is 0.243 e. The number of rotatable bonds is 8. The molecule has 0 heterocycles. The first-order valence-corrected chi connectivity index (χ1v) is 5.78. The van der Waals surface area contributed by atoms with Crippen LogP contribution in [0.3, 0.4) is 0 Å². The molecule has 0 saturated heterocycles. The van der Waals surface area contributed by atoms with Crippen LogP contribution in [-0.4, -0.2) is 30.9 Å². The highest BCUT2D eigenvalue weighted by atomic mass is 35.5. The molecule has 102 valence electrons. The number of carbonyl (C=O) groups is 2. The van der Waals surface area contributed by atoms with E-state index in [0.717, 1.165) is 13.0 Å². The summed E-state index contributed by atoms with van der Waals surface area (Å²) in [5.41, 5.74) is 4.45. The van der Waals surface area contributed by atoms with E-state index in [4.69, 9.17) is 5.73 Å². The molecule has 0 saturated carbocycles. The average molecular weight is 266 g/mol. The van der Waals surface area contributed by atoms with Gasteiger partial charge in [0.1, 0.15) is 5.54 Å². The van der Waals surface area contributed by atoms with Crippen LogP contribution in [0, 0.1) is 0 Å². The molecule has 6 heteroatoms. The number of carbonyl (C=O) groups excluding carboxylic acids is 2. The highest BCUT2D eigenvalue weighted by Gasteiger charge is 2.33. The largest absolute Gasteiger partial charge is 0.368 e. The van der Waals surface area contributed by atoms with Crippen LogP contribution in [0.1, 0.15) is 39.5 Å². The molecule has 4 N–H and O–H groups in total. The van der Waals surface area contributed by atoms with Crippen molar-refractivity contribution in [1.29, 1.82) is 0 Å². The number of amides is 2. The molecule has 0 atom stereocenters. The van der Waals surface area contributed by atoms with Gasteiger partial charge in [-0.25, -0.2) is 0 Å². The van der Waals surface area contributed by atoms with Crippen LogP contribution < -0.4 is 16.4 Å². The third kappa shape index (κ3) is 5.89. The number of primary amides is 1. The van der Waals surface area contributed by atoms with Gasteiger partial charge in [-0.15, -0.1) is 12.4 Å². The van der Waals surface area contributed by atoms with E-state index in [1.54, 1.807) is 0 Å². The average Bonchev–Trinajstić information content (AvgIpc) is 2.26. The second kappa shape index (κ2) is 9.24. The zero-order valence-corrected chi connectivity index (χ0v) is 11.7. The predicted molar refractivity (Wildman–Crippen MR) is 71.1 cm³/mol. The normalized spacial score (nSPS) is 10.5. The molecule has 0 radical (unpaired) electrons. The molecule has 0 unspecified atom stereocenters. The van der Waals surface area contributed by atoms with Gasteiger partial charge >= 0.3 is 0 Å². The summed E-state index contributed by atoms with van der Waals surface area (Å²) in [7, 11) is 1.84. The number of halogens is 1. The third-order valence-electron chi connectivity index (χ3n) is 2.89. The maximum atomic E-state index is 11.6. The molecule has 0 spiro atoms. The second-order valence-electron chi connectivity index (χ2n) is 3.91. The Balaban J connectivity index is 0. The molecule has 0 aliphatic heterocycles. The fourth-order valence-corrected chi connectivity index (χ4v) is 1.59. The Bertz CT molecular complexity index is 243. The first-order chi connectivity index (χ1) is 7.52. The molecule has 0 rings (SSSR count). The minimum absolute atomic E-state index is 0. The van der Waals surface area contributed by atoms with E-state index >= 15 is 0 Å². The van der Waals surface area contributed by atoms with Gasteiger partial charge in [-0.3, -0.25) is 9.59 Å². The van der Waals surface area contributed by atoms with Crippen LogP contribution in [0.5, 0.6) is 0 Å². The molecule has 2 amide bonds. The van der Waals surface area contributed by atoms with E-state index in [9.17, 15) is 9.59 Å². The number of nitrogens with two attached hydrogens (primary N) is 1. The van der Waals surface area contributed by atoms with E-state index < -0.39 is 11.4 Å². The molecule has 0 aromatic rings. The van der Waals surface area contributed by atoms with Crippen molar-refractivity contribution in [3.63, 3.8) is 0 Å². The predicted octanol–water partition coefficient (Wildman–Crippen LogP) is 0.568. The summed E-state index contributed by atoms with van der Waals surface area (Å²) < 4.78 is 0. The maximum absolute atomic E-state index is 11.6. The molecule has 0 fully saturated rings. The van der Waals surface area contributed by atoms with Gasteiger partial charge in [0.25, 0.3) is 0 Å². The molecule has 5 nitrogen and oxygen atoms in total. The topological polar surface area (TPSA) is 84.2 Å². The molecule has 17 heavy (non-hydrogen) atoms. The van der Waals surface area contributed by atoms with Crippen molar-refractivity contribution in [1.82, 2.24) is 10.6 Å². The third-order valence-corrected chi connectivity index (χ3v) is 2.89. The number of hydrogen-bond acceptors (Lipinski definition) is 3. The number of nitrogens with one attached hydrogen (secondary N) is 2.